The number of pyridine rings is 1. The van der Waals surface area contributed by atoms with E-state index in [0.29, 0.717) is 37.6 Å². The van der Waals surface area contributed by atoms with Crippen molar-refractivity contribution in [1.82, 2.24) is 30.1 Å². The van der Waals surface area contributed by atoms with Gasteiger partial charge in [0.2, 0.25) is 0 Å². The number of hydrogen-bond donors (Lipinski definition) is 1. The second kappa shape index (κ2) is 11.5. The maximum absolute atomic E-state index is 13.8. The van der Waals surface area contributed by atoms with E-state index in [2.05, 4.69) is 38.4 Å². The number of nitrogens with zero attached hydrogens (tertiary/aromatic N) is 5. The zero-order chi connectivity index (χ0) is 27.5. The summed E-state index contributed by atoms with van der Waals surface area (Å²) in [5.41, 5.74) is 3.10. The van der Waals surface area contributed by atoms with E-state index in [1.165, 1.54) is 17.7 Å². The smallest absolute Gasteiger partial charge is 0.253 e. The van der Waals surface area contributed by atoms with Crippen LogP contribution in [0.1, 0.15) is 54.1 Å². The van der Waals surface area contributed by atoms with Gasteiger partial charge in [-0.25, -0.2) is 9.07 Å². The van der Waals surface area contributed by atoms with E-state index in [9.17, 15) is 9.18 Å². The molecule has 0 bridgehead atoms. The van der Waals surface area contributed by atoms with Crippen LogP contribution in [0.15, 0.2) is 76.1 Å². The van der Waals surface area contributed by atoms with E-state index in [1.807, 2.05) is 30.3 Å². The highest BCUT2D eigenvalue weighted by molar-refractivity contribution is 5.80. The lowest BCUT2D eigenvalue weighted by Gasteiger charge is -2.30. The number of aromatic amines is 1. The quantitative estimate of drug-likeness (QED) is 0.271. The number of hydrogen-bond acceptors (Lipinski definition) is 7. The molecule has 1 saturated heterocycles. The van der Waals surface area contributed by atoms with Crippen molar-refractivity contribution in [1.29, 1.82) is 0 Å². The van der Waals surface area contributed by atoms with E-state index in [1.54, 1.807) is 23.1 Å². The topological polar surface area (TPSA) is 102 Å². The summed E-state index contributed by atoms with van der Waals surface area (Å²) in [6.45, 7) is 4.06. The fraction of sp³-hybridized carbons (Fsp3) is 0.333. The third-order valence-corrected chi connectivity index (χ3v) is 7.45. The molecule has 1 aliphatic heterocycles. The van der Waals surface area contributed by atoms with Crippen molar-refractivity contribution in [3.8, 4) is 0 Å². The van der Waals surface area contributed by atoms with Crippen molar-refractivity contribution >= 4 is 10.9 Å². The van der Waals surface area contributed by atoms with E-state index in [-0.39, 0.29) is 17.5 Å². The normalized spacial score (nSPS) is 16.2. The maximum atomic E-state index is 13.8. The molecule has 10 heteroatoms. The van der Waals surface area contributed by atoms with Crippen molar-refractivity contribution in [2.24, 2.45) is 0 Å². The molecule has 1 aliphatic rings. The first-order valence-electron chi connectivity index (χ1n) is 13.6. The zero-order valence-electron chi connectivity index (χ0n) is 22.3. The molecule has 9 nitrogen and oxygen atoms in total. The summed E-state index contributed by atoms with van der Waals surface area (Å²) < 4.78 is 27.1. The zero-order valence-corrected chi connectivity index (χ0v) is 22.3. The van der Waals surface area contributed by atoms with Crippen LogP contribution >= 0.6 is 0 Å². The molecule has 5 aromatic rings. The highest BCUT2D eigenvalue weighted by Gasteiger charge is 2.32. The minimum Gasteiger partial charge on any atom is -0.468 e. The van der Waals surface area contributed by atoms with Gasteiger partial charge in [-0.2, -0.15) is 0 Å². The van der Waals surface area contributed by atoms with Crippen LogP contribution in [0.25, 0.3) is 10.9 Å². The van der Waals surface area contributed by atoms with Crippen LogP contribution in [0.3, 0.4) is 0 Å². The summed E-state index contributed by atoms with van der Waals surface area (Å²) in [7, 11) is 0. The molecule has 0 aliphatic carbocycles. The van der Waals surface area contributed by atoms with Crippen molar-refractivity contribution in [3.05, 3.63) is 111 Å². The molecule has 3 aromatic heterocycles. The Kier molecular flexibility index (Phi) is 7.52. The predicted molar refractivity (Wildman–Crippen MR) is 147 cm³/mol. The van der Waals surface area contributed by atoms with Gasteiger partial charge in [-0.3, -0.25) is 9.69 Å². The predicted octanol–water partition coefficient (Wildman–Crippen LogP) is 4.78. The highest BCUT2D eigenvalue weighted by atomic mass is 19.1. The van der Waals surface area contributed by atoms with Gasteiger partial charge in [0.25, 0.3) is 5.56 Å². The van der Waals surface area contributed by atoms with Crippen molar-refractivity contribution in [3.63, 3.8) is 0 Å². The number of aryl methyl sites for hydroxylation is 1. The van der Waals surface area contributed by atoms with Crippen LogP contribution < -0.4 is 5.56 Å². The molecule has 2 unspecified atom stereocenters. The molecule has 40 heavy (non-hydrogen) atoms. The van der Waals surface area contributed by atoms with Gasteiger partial charge in [0.15, 0.2) is 5.82 Å². The summed E-state index contributed by atoms with van der Waals surface area (Å²) in [5.74, 6) is 0.938. The number of aromatic nitrogens is 5. The molecular formula is C30H31FN6O3. The van der Waals surface area contributed by atoms with Crippen molar-refractivity contribution in [2.75, 3.05) is 6.61 Å². The number of benzene rings is 2. The number of furan rings is 1. The first-order chi connectivity index (χ1) is 19.6. The maximum Gasteiger partial charge on any atom is 0.253 e. The van der Waals surface area contributed by atoms with Gasteiger partial charge in [-0.1, -0.05) is 25.1 Å². The van der Waals surface area contributed by atoms with Crippen LogP contribution in [-0.4, -0.2) is 42.8 Å². The lowest BCUT2D eigenvalue weighted by Crippen LogP contribution is -2.35. The van der Waals surface area contributed by atoms with Crippen LogP contribution in [0, 0.1) is 5.82 Å². The van der Waals surface area contributed by atoms with E-state index >= 15 is 0 Å². The fourth-order valence-electron chi connectivity index (χ4n) is 5.38. The van der Waals surface area contributed by atoms with E-state index in [0.717, 1.165) is 41.5 Å². The van der Waals surface area contributed by atoms with Crippen molar-refractivity contribution < 1.29 is 13.5 Å². The summed E-state index contributed by atoms with van der Waals surface area (Å²) >= 11 is 0. The summed E-state index contributed by atoms with van der Waals surface area (Å²) in [6, 6.07) is 17.4. The van der Waals surface area contributed by atoms with Gasteiger partial charge in [-0.15, -0.1) is 5.10 Å². The summed E-state index contributed by atoms with van der Waals surface area (Å²) in [5, 5.41) is 13.7. The Morgan fingerprint density at radius 1 is 1.12 bits per heavy atom. The summed E-state index contributed by atoms with van der Waals surface area (Å²) in [6.07, 6.45) is 4.41. The number of fused-ring (bicyclic) bond motifs is 1. The molecule has 2 atom stereocenters. The van der Waals surface area contributed by atoms with Gasteiger partial charge in [0.1, 0.15) is 17.6 Å². The van der Waals surface area contributed by atoms with Gasteiger partial charge < -0.3 is 14.1 Å². The average molecular weight is 543 g/mol. The molecule has 0 saturated carbocycles. The molecule has 6 rings (SSSR count). The third-order valence-electron chi connectivity index (χ3n) is 7.45. The Hall–Kier alpha value is -4.15. The van der Waals surface area contributed by atoms with E-state index in [4.69, 9.17) is 9.15 Å². The van der Waals surface area contributed by atoms with E-state index < -0.39 is 6.04 Å². The largest absolute Gasteiger partial charge is 0.468 e. The first-order valence-corrected chi connectivity index (χ1v) is 13.6. The molecule has 1 fully saturated rings. The number of ether oxygens (including phenoxy) is 1. The fourth-order valence-corrected chi connectivity index (χ4v) is 5.38. The Balaban J connectivity index is 1.50. The van der Waals surface area contributed by atoms with Crippen LogP contribution in [-0.2, 0) is 30.8 Å². The standard InChI is InChI=1S/C30H31FN6O3/c1-2-20-9-12-27-22(15-20)16-26(30(38)32-27)28(29-33-34-35-37(29)19-25-6-4-14-40-25)36(18-24-5-3-13-39-24)17-21-7-10-23(31)11-8-21/h3,5,7-13,15-16,25,28H,2,4,6,14,17-19H2,1H3,(H,32,38). The second-order valence-corrected chi connectivity index (χ2v) is 10.2. The average Bonchev–Trinajstić information content (AvgIpc) is 3.75. The van der Waals surface area contributed by atoms with Crippen LogP contribution in [0.5, 0.6) is 0 Å². The molecule has 2 aromatic carbocycles. The Labute approximate surface area is 230 Å². The van der Waals surface area contributed by atoms with Crippen molar-refractivity contribution in [2.45, 2.75) is 58.0 Å². The number of tetrazole rings is 1. The second-order valence-electron chi connectivity index (χ2n) is 10.2. The highest BCUT2D eigenvalue weighted by Crippen LogP contribution is 2.31. The van der Waals surface area contributed by atoms with Crippen LogP contribution in [0.4, 0.5) is 4.39 Å². The minimum absolute atomic E-state index is 0.000484. The van der Waals surface area contributed by atoms with Gasteiger partial charge >= 0.3 is 0 Å². The number of halogens is 1. The SMILES string of the molecule is CCc1ccc2[nH]c(=O)c(C(c3nnnn3CC3CCCO3)N(Cc3ccc(F)cc3)Cc3ccco3)cc2c1. The molecule has 0 spiro atoms. The lowest BCUT2D eigenvalue weighted by molar-refractivity contribution is 0.0901. The molecule has 206 valence electrons. The number of nitrogens with one attached hydrogen (secondary N) is 1. The number of H-pyrrole nitrogens is 1. The Morgan fingerprint density at radius 3 is 2.73 bits per heavy atom. The summed E-state index contributed by atoms with van der Waals surface area (Å²) in [4.78, 5) is 18.9. The Bertz CT molecular complexity index is 1620. The minimum atomic E-state index is -0.634. The van der Waals surface area contributed by atoms with Gasteiger partial charge in [-0.05, 0) is 88.7 Å². The number of rotatable bonds is 10. The molecular weight excluding hydrogens is 511 g/mol. The third kappa shape index (κ3) is 5.59. The molecule has 0 amide bonds. The molecule has 0 radical (unpaired) electrons. The van der Waals surface area contributed by atoms with Crippen LogP contribution in [0.2, 0.25) is 0 Å². The van der Waals surface area contributed by atoms with Gasteiger partial charge in [0.05, 0.1) is 25.5 Å². The Morgan fingerprint density at radius 2 is 1.98 bits per heavy atom. The molecule has 1 N–H and O–H groups in total. The molecule has 4 heterocycles. The van der Waals surface area contributed by atoms with Gasteiger partial charge in [0, 0.05) is 24.2 Å². The lowest BCUT2D eigenvalue weighted by atomic mass is 10.0. The monoisotopic (exact) mass is 542 g/mol. The first kappa shape index (κ1) is 26.1.